The maximum atomic E-state index is 10.2. The first kappa shape index (κ1) is 12.5. The van der Waals surface area contributed by atoms with Gasteiger partial charge in [-0.05, 0) is 31.2 Å². The molecule has 0 aliphatic heterocycles. The Labute approximate surface area is 94.9 Å². The summed E-state index contributed by atoms with van der Waals surface area (Å²) >= 11 is 0. The molecule has 0 saturated heterocycles. The molecule has 0 bridgehead atoms. The predicted molar refractivity (Wildman–Crippen MR) is 61.2 cm³/mol. The summed E-state index contributed by atoms with van der Waals surface area (Å²) in [5, 5.41) is 19.6. The predicted octanol–water partition coefficient (Wildman–Crippen LogP) is 1.99. The van der Waals surface area contributed by atoms with Crippen LogP contribution in [0.2, 0.25) is 0 Å². The summed E-state index contributed by atoms with van der Waals surface area (Å²) in [6.45, 7) is 0. The van der Waals surface area contributed by atoms with E-state index in [1.165, 1.54) is 5.56 Å². The Kier molecular flexibility index (Phi) is 5.36. The lowest BCUT2D eigenvalue weighted by molar-refractivity contribution is 0.112. The molecule has 1 atom stereocenters. The Hall–Kier alpha value is -1.55. The summed E-state index contributed by atoms with van der Waals surface area (Å²) in [5.41, 5.74) is 1.27. The van der Waals surface area contributed by atoms with Crippen molar-refractivity contribution in [1.82, 2.24) is 5.32 Å². The quantitative estimate of drug-likeness (QED) is 0.510. The largest absolute Gasteiger partial charge is 0.465 e. The van der Waals surface area contributed by atoms with E-state index in [0.29, 0.717) is 6.42 Å². The van der Waals surface area contributed by atoms with Crippen LogP contribution in [0.3, 0.4) is 0 Å². The van der Waals surface area contributed by atoms with E-state index in [4.69, 9.17) is 5.11 Å². The Bertz CT molecular complexity index is 313. The first-order valence-electron chi connectivity index (χ1n) is 5.40. The van der Waals surface area contributed by atoms with Crippen molar-refractivity contribution in [3.63, 3.8) is 0 Å². The number of carboxylic acid groups (broad SMARTS) is 1. The number of benzene rings is 1. The number of aliphatic hydroxyl groups is 1. The van der Waals surface area contributed by atoms with E-state index in [9.17, 15) is 9.90 Å². The second-order valence-corrected chi connectivity index (χ2v) is 3.70. The lowest BCUT2D eigenvalue weighted by Gasteiger charge is -2.09. The molecule has 0 saturated carbocycles. The highest BCUT2D eigenvalue weighted by molar-refractivity contribution is 5.64. The van der Waals surface area contributed by atoms with Crippen LogP contribution in [-0.4, -0.2) is 22.5 Å². The van der Waals surface area contributed by atoms with Crippen molar-refractivity contribution in [2.24, 2.45) is 0 Å². The molecule has 88 valence electrons. The van der Waals surface area contributed by atoms with Gasteiger partial charge in [0.25, 0.3) is 0 Å². The van der Waals surface area contributed by atoms with Crippen LogP contribution in [0.5, 0.6) is 0 Å². The first-order chi connectivity index (χ1) is 7.68. The standard InChI is InChI=1S/C12H17NO3/c14-11(13-12(15)16)9-5-4-8-10-6-2-1-3-7-10/h1-3,6-7,11,13-14H,4-5,8-9H2,(H,15,16). The van der Waals surface area contributed by atoms with Gasteiger partial charge in [0.1, 0.15) is 6.23 Å². The minimum atomic E-state index is -1.18. The molecule has 1 rings (SSSR count). The van der Waals surface area contributed by atoms with Crippen molar-refractivity contribution in [1.29, 1.82) is 0 Å². The molecular weight excluding hydrogens is 206 g/mol. The average Bonchev–Trinajstić information content (AvgIpc) is 2.25. The zero-order valence-corrected chi connectivity index (χ0v) is 9.10. The van der Waals surface area contributed by atoms with Gasteiger partial charge in [-0.3, -0.25) is 5.32 Å². The van der Waals surface area contributed by atoms with Gasteiger partial charge in [0.2, 0.25) is 0 Å². The zero-order valence-electron chi connectivity index (χ0n) is 9.10. The third-order valence-corrected chi connectivity index (χ3v) is 2.33. The first-order valence-corrected chi connectivity index (χ1v) is 5.40. The summed E-state index contributed by atoms with van der Waals surface area (Å²) in [7, 11) is 0. The van der Waals surface area contributed by atoms with Crippen LogP contribution in [0.15, 0.2) is 30.3 Å². The highest BCUT2D eigenvalue weighted by Crippen LogP contribution is 2.07. The molecule has 4 heteroatoms. The second-order valence-electron chi connectivity index (χ2n) is 3.70. The molecule has 1 aromatic carbocycles. The Morgan fingerprint density at radius 1 is 1.25 bits per heavy atom. The van der Waals surface area contributed by atoms with Gasteiger partial charge in [0, 0.05) is 0 Å². The molecule has 1 aromatic rings. The fourth-order valence-electron chi connectivity index (χ4n) is 1.53. The van der Waals surface area contributed by atoms with Crippen LogP contribution in [-0.2, 0) is 6.42 Å². The Balaban J connectivity index is 2.10. The topological polar surface area (TPSA) is 69.6 Å². The van der Waals surface area contributed by atoms with E-state index in [0.717, 1.165) is 19.3 Å². The lowest BCUT2D eigenvalue weighted by atomic mass is 10.1. The average molecular weight is 223 g/mol. The van der Waals surface area contributed by atoms with Crippen molar-refractivity contribution in [2.45, 2.75) is 31.9 Å². The van der Waals surface area contributed by atoms with E-state index in [1.807, 2.05) is 23.5 Å². The zero-order chi connectivity index (χ0) is 11.8. The van der Waals surface area contributed by atoms with Gasteiger partial charge in [-0.25, -0.2) is 4.79 Å². The third kappa shape index (κ3) is 5.36. The highest BCUT2D eigenvalue weighted by atomic mass is 16.4. The van der Waals surface area contributed by atoms with Crippen LogP contribution in [0, 0.1) is 0 Å². The number of amides is 1. The Morgan fingerprint density at radius 3 is 2.56 bits per heavy atom. The Morgan fingerprint density at radius 2 is 1.94 bits per heavy atom. The van der Waals surface area contributed by atoms with Gasteiger partial charge in [-0.1, -0.05) is 30.3 Å². The van der Waals surface area contributed by atoms with Gasteiger partial charge in [-0.15, -0.1) is 0 Å². The third-order valence-electron chi connectivity index (χ3n) is 2.33. The molecule has 0 fully saturated rings. The fourth-order valence-corrected chi connectivity index (χ4v) is 1.53. The number of rotatable bonds is 6. The van der Waals surface area contributed by atoms with Crippen molar-refractivity contribution in [3.8, 4) is 0 Å². The second kappa shape index (κ2) is 6.85. The maximum absolute atomic E-state index is 10.2. The smallest absolute Gasteiger partial charge is 0.406 e. The van der Waals surface area contributed by atoms with Gasteiger partial charge in [-0.2, -0.15) is 0 Å². The van der Waals surface area contributed by atoms with Crippen molar-refractivity contribution in [2.75, 3.05) is 0 Å². The molecule has 0 spiro atoms. The molecule has 0 heterocycles. The fraction of sp³-hybridized carbons (Fsp3) is 0.417. The van der Waals surface area contributed by atoms with Gasteiger partial charge in [0.05, 0.1) is 0 Å². The molecule has 4 nitrogen and oxygen atoms in total. The molecule has 0 aromatic heterocycles. The summed E-state index contributed by atoms with van der Waals surface area (Å²) in [6, 6.07) is 10.1. The van der Waals surface area contributed by atoms with E-state index in [2.05, 4.69) is 12.1 Å². The van der Waals surface area contributed by atoms with Gasteiger partial charge < -0.3 is 10.2 Å². The molecule has 16 heavy (non-hydrogen) atoms. The maximum Gasteiger partial charge on any atom is 0.406 e. The number of carbonyl (C=O) groups is 1. The van der Waals surface area contributed by atoms with E-state index < -0.39 is 12.3 Å². The normalized spacial score (nSPS) is 12.1. The van der Waals surface area contributed by atoms with Crippen LogP contribution in [0.1, 0.15) is 24.8 Å². The number of unbranched alkanes of at least 4 members (excludes halogenated alkanes) is 1. The van der Waals surface area contributed by atoms with E-state index in [1.54, 1.807) is 0 Å². The number of hydrogen-bond donors (Lipinski definition) is 3. The molecule has 0 aliphatic rings. The minimum Gasteiger partial charge on any atom is -0.465 e. The van der Waals surface area contributed by atoms with Crippen LogP contribution in [0.25, 0.3) is 0 Å². The SMILES string of the molecule is O=C(O)NC(O)CCCCc1ccccc1. The number of aliphatic hydroxyl groups excluding tert-OH is 1. The molecule has 3 N–H and O–H groups in total. The molecule has 1 amide bonds. The number of nitrogens with one attached hydrogen (secondary N) is 1. The monoisotopic (exact) mass is 223 g/mol. The van der Waals surface area contributed by atoms with Gasteiger partial charge in [0.15, 0.2) is 0 Å². The summed E-state index contributed by atoms with van der Waals surface area (Å²) < 4.78 is 0. The number of hydrogen-bond acceptors (Lipinski definition) is 2. The van der Waals surface area contributed by atoms with E-state index >= 15 is 0 Å². The van der Waals surface area contributed by atoms with Crippen LogP contribution < -0.4 is 5.32 Å². The minimum absolute atomic E-state index is 0.457. The van der Waals surface area contributed by atoms with E-state index in [-0.39, 0.29) is 0 Å². The van der Waals surface area contributed by atoms with Crippen LogP contribution in [0.4, 0.5) is 4.79 Å². The van der Waals surface area contributed by atoms with Crippen LogP contribution >= 0.6 is 0 Å². The van der Waals surface area contributed by atoms with Gasteiger partial charge >= 0.3 is 6.09 Å². The molecule has 0 aliphatic carbocycles. The lowest BCUT2D eigenvalue weighted by Crippen LogP contribution is -2.33. The molecular formula is C12H17NO3. The summed E-state index contributed by atoms with van der Waals surface area (Å²) in [5.74, 6) is 0. The van der Waals surface area contributed by atoms with Crippen molar-refractivity contribution in [3.05, 3.63) is 35.9 Å². The molecule has 0 radical (unpaired) electrons. The van der Waals surface area contributed by atoms with Crippen molar-refractivity contribution < 1.29 is 15.0 Å². The highest BCUT2D eigenvalue weighted by Gasteiger charge is 2.05. The molecule has 1 unspecified atom stereocenters. The number of aryl methyl sites for hydroxylation is 1. The van der Waals surface area contributed by atoms with Crippen molar-refractivity contribution >= 4 is 6.09 Å². The summed E-state index contributed by atoms with van der Waals surface area (Å²) in [4.78, 5) is 10.2. The summed E-state index contributed by atoms with van der Waals surface area (Å²) in [6.07, 6.45) is 1.03.